The van der Waals surface area contributed by atoms with Crippen LogP contribution in [0.15, 0.2) is 218 Å². The Morgan fingerprint density at radius 2 is 0.877 bits per heavy atom. The van der Waals surface area contributed by atoms with E-state index in [1.165, 1.54) is 32.7 Å². The van der Waals surface area contributed by atoms with Crippen molar-refractivity contribution in [2.75, 3.05) is 0 Å². The normalized spacial score (nSPS) is 11.9. The number of benzene rings is 7. The molecule has 0 atom stereocenters. The largest absolute Gasteiger partial charge is 0.383 e. The second-order valence-electron chi connectivity index (χ2n) is 14.0. The minimum atomic E-state index is 0.404. The number of aromatic nitrogens is 2. The van der Waals surface area contributed by atoms with Crippen LogP contribution in [-0.4, -0.2) is 15.8 Å². The highest BCUT2D eigenvalue weighted by molar-refractivity contribution is 6.21. The Morgan fingerprint density at radius 3 is 1.44 bits per heavy atom. The minimum Gasteiger partial charge on any atom is -0.383 e. The van der Waals surface area contributed by atoms with Gasteiger partial charge in [-0.1, -0.05) is 152 Å². The second kappa shape index (κ2) is 15.6. The van der Waals surface area contributed by atoms with E-state index in [-0.39, 0.29) is 0 Å². The van der Waals surface area contributed by atoms with E-state index in [0.717, 1.165) is 55.6 Å². The van der Waals surface area contributed by atoms with Crippen LogP contribution in [0.25, 0.3) is 77.3 Å². The van der Waals surface area contributed by atoms with Crippen molar-refractivity contribution in [3.63, 3.8) is 0 Å². The Morgan fingerprint density at radius 1 is 0.439 bits per heavy atom. The number of hydrogen-bond donors (Lipinski definition) is 1. The number of nitrogens with zero attached hydrogens (tertiary/aromatic N) is 3. The number of fused-ring (bicyclic) bond motifs is 2. The molecular weight excluding hydrogens is 693 g/mol. The van der Waals surface area contributed by atoms with Crippen molar-refractivity contribution >= 4 is 38.7 Å². The van der Waals surface area contributed by atoms with Gasteiger partial charge in [0.05, 0.1) is 5.70 Å². The third kappa shape index (κ3) is 7.16. The molecule has 0 aliphatic heterocycles. The van der Waals surface area contributed by atoms with Gasteiger partial charge < -0.3 is 5.73 Å². The molecule has 270 valence electrons. The summed E-state index contributed by atoms with van der Waals surface area (Å²) >= 11 is 0. The van der Waals surface area contributed by atoms with Crippen LogP contribution in [0.5, 0.6) is 0 Å². The maximum absolute atomic E-state index is 7.03. The fourth-order valence-corrected chi connectivity index (χ4v) is 7.64. The van der Waals surface area contributed by atoms with Crippen molar-refractivity contribution in [3.05, 3.63) is 230 Å². The van der Waals surface area contributed by atoms with Gasteiger partial charge in [-0.2, -0.15) is 0 Å². The fraction of sp³-hybridized carbons (Fsp3) is 0. The van der Waals surface area contributed by atoms with E-state index < -0.39 is 0 Å². The number of allylic oxidation sites excluding steroid dienone is 2. The lowest BCUT2D eigenvalue weighted by molar-refractivity contribution is 1.33. The highest BCUT2D eigenvalue weighted by Crippen LogP contribution is 2.43. The zero-order chi connectivity index (χ0) is 38.6. The third-order valence-corrected chi connectivity index (χ3v) is 10.4. The molecule has 0 aliphatic rings. The van der Waals surface area contributed by atoms with Gasteiger partial charge in [-0.05, 0) is 102 Å². The first-order chi connectivity index (χ1) is 28.1. The molecule has 0 amide bonds. The van der Waals surface area contributed by atoms with Crippen molar-refractivity contribution in [1.82, 2.24) is 9.97 Å². The predicted octanol–water partition coefficient (Wildman–Crippen LogP) is 12.9. The Hall–Kier alpha value is -7.69. The summed E-state index contributed by atoms with van der Waals surface area (Å²) in [6.45, 7) is 4.51. The second-order valence-corrected chi connectivity index (χ2v) is 14.0. The van der Waals surface area contributed by atoms with Crippen molar-refractivity contribution in [1.29, 1.82) is 0 Å². The zero-order valence-corrected chi connectivity index (χ0v) is 31.3. The van der Waals surface area contributed by atoms with E-state index in [4.69, 9.17) is 10.7 Å². The lowest BCUT2D eigenvalue weighted by atomic mass is 9.85. The number of nitrogens with two attached hydrogens (primary N) is 1. The smallest absolute Gasteiger partial charge is 0.131 e. The molecule has 0 saturated heterocycles. The summed E-state index contributed by atoms with van der Waals surface area (Å²) in [7, 11) is 0. The molecular formula is C53H38N4. The zero-order valence-electron chi connectivity index (χ0n) is 31.3. The van der Waals surface area contributed by atoms with E-state index in [0.29, 0.717) is 11.5 Å². The molecule has 0 radical (unpaired) electrons. The van der Waals surface area contributed by atoms with E-state index >= 15 is 0 Å². The van der Waals surface area contributed by atoms with Crippen molar-refractivity contribution in [2.45, 2.75) is 0 Å². The first-order valence-electron chi connectivity index (χ1n) is 19.0. The van der Waals surface area contributed by atoms with Crippen LogP contribution < -0.4 is 5.73 Å². The summed E-state index contributed by atoms with van der Waals surface area (Å²) in [6, 6.07) is 61.1. The molecule has 0 unspecified atom stereocenters. The highest BCUT2D eigenvalue weighted by Gasteiger charge is 2.17. The lowest BCUT2D eigenvalue weighted by Gasteiger charge is -2.18. The Bertz CT molecular complexity index is 2910. The van der Waals surface area contributed by atoms with Gasteiger partial charge in [0, 0.05) is 47.0 Å². The molecule has 0 fully saturated rings. The van der Waals surface area contributed by atoms with Crippen LogP contribution in [0.2, 0.25) is 0 Å². The van der Waals surface area contributed by atoms with E-state index in [2.05, 4.69) is 162 Å². The topological polar surface area (TPSA) is 64.2 Å². The van der Waals surface area contributed by atoms with Crippen LogP contribution in [0.1, 0.15) is 16.7 Å². The number of rotatable bonds is 9. The summed E-state index contributed by atoms with van der Waals surface area (Å²) in [5.74, 6) is 0.404. The molecule has 0 spiro atoms. The van der Waals surface area contributed by atoms with Gasteiger partial charge in [0.25, 0.3) is 0 Å². The average molecular weight is 731 g/mol. The quantitative estimate of drug-likeness (QED) is 0.0696. The van der Waals surface area contributed by atoms with Gasteiger partial charge in [-0.3, -0.25) is 9.97 Å². The monoisotopic (exact) mass is 730 g/mol. The number of hydrogen-bond acceptors (Lipinski definition) is 3. The predicted molar refractivity (Wildman–Crippen MR) is 239 cm³/mol. The van der Waals surface area contributed by atoms with Gasteiger partial charge in [0.15, 0.2) is 0 Å². The number of aliphatic imine (C=N–C) groups is 1. The van der Waals surface area contributed by atoms with Crippen LogP contribution >= 0.6 is 0 Å². The maximum atomic E-state index is 7.03. The van der Waals surface area contributed by atoms with Crippen LogP contribution in [0.4, 0.5) is 0 Å². The summed E-state index contributed by atoms with van der Waals surface area (Å²) in [5, 5.41) is 4.77. The van der Waals surface area contributed by atoms with Crippen molar-refractivity contribution in [3.8, 4) is 44.5 Å². The Labute approximate surface area is 332 Å². The molecule has 2 heterocycles. The lowest BCUT2D eigenvalue weighted by Crippen LogP contribution is -2.13. The van der Waals surface area contributed by atoms with E-state index in [9.17, 15) is 0 Å². The van der Waals surface area contributed by atoms with Crippen molar-refractivity contribution in [2.24, 2.45) is 10.7 Å². The molecule has 4 nitrogen and oxygen atoms in total. The van der Waals surface area contributed by atoms with Gasteiger partial charge in [-0.15, -0.1) is 0 Å². The summed E-state index contributed by atoms with van der Waals surface area (Å²) in [6.07, 6.45) is 9.32. The molecule has 57 heavy (non-hydrogen) atoms. The fourth-order valence-electron chi connectivity index (χ4n) is 7.64. The van der Waals surface area contributed by atoms with Crippen LogP contribution in [0, 0.1) is 0 Å². The maximum Gasteiger partial charge on any atom is 0.131 e. The third-order valence-electron chi connectivity index (χ3n) is 10.4. The molecule has 4 heteroatoms. The Balaban J connectivity index is 1.17. The summed E-state index contributed by atoms with van der Waals surface area (Å²) in [5.41, 5.74) is 20.1. The summed E-state index contributed by atoms with van der Waals surface area (Å²) in [4.78, 5) is 13.9. The number of pyridine rings is 2. The summed E-state index contributed by atoms with van der Waals surface area (Å²) < 4.78 is 0. The Kier molecular flexibility index (Phi) is 9.58. The van der Waals surface area contributed by atoms with Crippen LogP contribution in [-0.2, 0) is 0 Å². The molecule has 9 aromatic rings. The van der Waals surface area contributed by atoms with Gasteiger partial charge in [0.2, 0.25) is 0 Å². The molecule has 7 aromatic carbocycles. The molecule has 0 aliphatic carbocycles. The molecule has 0 bridgehead atoms. The average Bonchev–Trinajstić information content (AvgIpc) is 3.29. The van der Waals surface area contributed by atoms with E-state index in [1.807, 2.05) is 48.8 Å². The molecule has 0 saturated carbocycles. The molecule has 2 aromatic heterocycles. The minimum absolute atomic E-state index is 0.404. The van der Waals surface area contributed by atoms with Crippen molar-refractivity contribution < 1.29 is 0 Å². The first-order valence-corrected chi connectivity index (χ1v) is 19.0. The highest BCUT2D eigenvalue weighted by atomic mass is 14.9. The SMILES string of the molecule is C=C(/C=C(\N=C(/N)c1cccc(-c2c3ccccc3c(-c3ccccc3)c3ccccc23)c1)c1cccc(-c2cccnc2)c1)c1cccc(-c2cccnc2)c1. The molecule has 9 rings (SSSR count). The molecule has 2 N–H and O–H groups in total. The number of amidine groups is 1. The van der Waals surface area contributed by atoms with Gasteiger partial charge in [-0.25, -0.2) is 4.99 Å². The van der Waals surface area contributed by atoms with E-state index in [1.54, 1.807) is 12.4 Å². The van der Waals surface area contributed by atoms with Gasteiger partial charge >= 0.3 is 0 Å². The van der Waals surface area contributed by atoms with Crippen LogP contribution in [0.3, 0.4) is 0 Å². The van der Waals surface area contributed by atoms with Gasteiger partial charge in [0.1, 0.15) is 5.84 Å². The standard InChI is InChI=1S/C53H38N4/c1-36(38-16-9-17-39(31-38)44-22-12-28-55-34-44)30-50(41-19-10-18-40(32-41)45-23-13-29-56-35-45)57-53(54)43-21-11-20-42(33-43)52-48-26-7-5-24-46(48)51(37-14-3-2-4-15-37)47-25-6-8-27-49(47)52/h2-35H,1H2,(H2,54,57)/b50-30-. The first kappa shape index (κ1) is 35.0.